The van der Waals surface area contributed by atoms with Crippen molar-refractivity contribution in [2.75, 3.05) is 6.54 Å². The van der Waals surface area contributed by atoms with Gasteiger partial charge in [-0.3, -0.25) is 4.79 Å². The summed E-state index contributed by atoms with van der Waals surface area (Å²) >= 11 is 1.66. The molecule has 0 saturated heterocycles. The number of carbonyl (C=O) groups excluding carboxylic acids is 1. The summed E-state index contributed by atoms with van der Waals surface area (Å²) in [5.41, 5.74) is 1.39. The van der Waals surface area contributed by atoms with Crippen molar-refractivity contribution in [3.8, 4) is 11.8 Å². The highest BCUT2D eigenvalue weighted by Crippen LogP contribution is 2.29. The van der Waals surface area contributed by atoms with E-state index in [1.165, 1.54) is 23.3 Å². The average Bonchev–Trinajstić information content (AvgIpc) is 2.78. The maximum absolute atomic E-state index is 11.9. The zero-order valence-electron chi connectivity index (χ0n) is 10.1. The number of aryl methyl sites for hydroxylation is 2. The lowest BCUT2D eigenvalue weighted by atomic mass is 9.99. The molecule has 0 aromatic carbocycles. The van der Waals surface area contributed by atoms with E-state index < -0.39 is 0 Å². The van der Waals surface area contributed by atoms with E-state index in [-0.39, 0.29) is 5.91 Å². The molecule has 0 aliphatic heterocycles. The van der Waals surface area contributed by atoms with Gasteiger partial charge in [-0.2, -0.15) is 0 Å². The Hall–Kier alpha value is -1.27. The smallest absolute Gasteiger partial charge is 0.261 e. The van der Waals surface area contributed by atoms with Crippen LogP contribution in [0.25, 0.3) is 0 Å². The minimum Gasteiger partial charge on any atom is -0.350 e. The zero-order valence-corrected chi connectivity index (χ0v) is 11.0. The summed E-state index contributed by atoms with van der Waals surface area (Å²) in [6.45, 7) is 2.46. The summed E-state index contributed by atoms with van der Waals surface area (Å²) in [6, 6.07) is 2.07. The molecule has 0 radical (unpaired) electrons. The van der Waals surface area contributed by atoms with E-state index in [1.807, 2.05) is 6.92 Å². The van der Waals surface area contributed by atoms with E-state index in [4.69, 9.17) is 0 Å². The van der Waals surface area contributed by atoms with Gasteiger partial charge in [0.1, 0.15) is 0 Å². The van der Waals surface area contributed by atoms with Crippen molar-refractivity contribution >= 4 is 17.2 Å². The lowest BCUT2D eigenvalue weighted by molar-refractivity contribution is 0.0958. The second-order valence-electron chi connectivity index (χ2n) is 4.20. The molecule has 3 heteroatoms. The predicted molar refractivity (Wildman–Crippen MR) is 71.4 cm³/mol. The van der Waals surface area contributed by atoms with E-state index in [0.717, 1.165) is 24.1 Å². The minimum absolute atomic E-state index is 0.0577. The minimum atomic E-state index is 0.0577. The summed E-state index contributed by atoms with van der Waals surface area (Å²) in [5, 5.41) is 2.91. The first kappa shape index (κ1) is 12.2. The second-order valence-corrected chi connectivity index (χ2v) is 5.34. The van der Waals surface area contributed by atoms with Crippen LogP contribution < -0.4 is 5.32 Å². The maximum atomic E-state index is 11.9. The van der Waals surface area contributed by atoms with Gasteiger partial charge in [0.25, 0.3) is 5.91 Å². The molecule has 1 aromatic heterocycles. The Kier molecular flexibility index (Phi) is 4.22. The molecule has 0 unspecified atom stereocenters. The zero-order chi connectivity index (χ0) is 12.1. The molecule has 17 heavy (non-hydrogen) atoms. The fourth-order valence-corrected chi connectivity index (χ4v) is 3.22. The molecule has 1 aliphatic carbocycles. The molecule has 0 bridgehead atoms. The van der Waals surface area contributed by atoms with E-state index in [9.17, 15) is 4.79 Å². The van der Waals surface area contributed by atoms with Crippen molar-refractivity contribution in [2.24, 2.45) is 0 Å². The Morgan fingerprint density at radius 3 is 3.06 bits per heavy atom. The van der Waals surface area contributed by atoms with E-state index in [0.29, 0.717) is 6.54 Å². The SMILES string of the molecule is CC#CCCNC(=O)c1cc2c(s1)CCCC2. The van der Waals surface area contributed by atoms with E-state index >= 15 is 0 Å². The molecule has 1 N–H and O–H groups in total. The first-order valence-electron chi connectivity index (χ1n) is 6.10. The van der Waals surface area contributed by atoms with Crippen LogP contribution in [0.2, 0.25) is 0 Å². The molecule has 0 spiro atoms. The Morgan fingerprint density at radius 1 is 1.47 bits per heavy atom. The number of thiophene rings is 1. The summed E-state index contributed by atoms with van der Waals surface area (Å²) < 4.78 is 0. The van der Waals surface area contributed by atoms with Gasteiger partial charge in [-0.25, -0.2) is 0 Å². The van der Waals surface area contributed by atoms with Crippen molar-refractivity contribution in [3.63, 3.8) is 0 Å². The number of hydrogen-bond acceptors (Lipinski definition) is 2. The predicted octanol–water partition coefficient (Wildman–Crippen LogP) is 2.77. The van der Waals surface area contributed by atoms with Crippen molar-refractivity contribution in [2.45, 2.75) is 39.0 Å². The number of carbonyl (C=O) groups is 1. The lowest BCUT2D eigenvalue weighted by Gasteiger charge is -2.08. The monoisotopic (exact) mass is 247 g/mol. The lowest BCUT2D eigenvalue weighted by Crippen LogP contribution is -2.23. The molecule has 1 amide bonds. The maximum Gasteiger partial charge on any atom is 0.261 e. The highest BCUT2D eigenvalue weighted by atomic mass is 32.1. The topological polar surface area (TPSA) is 29.1 Å². The number of rotatable bonds is 3. The summed E-state index contributed by atoms with van der Waals surface area (Å²) in [7, 11) is 0. The standard InChI is InChI=1S/C14H17NOS/c1-2-3-6-9-15-14(16)13-10-11-7-4-5-8-12(11)17-13/h10H,4-9H2,1H3,(H,15,16). The summed E-state index contributed by atoms with van der Waals surface area (Å²) in [5.74, 6) is 5.82. The number of hydrogen-bond donors (Lipinski definition) is 1. The first-order valence-corrected chi connectivity index (χ1v) is 6.92. The van der Waals surface area contributed by atoms with Crippen LogP contribution in [0, 0.1) is 11.8 Å². The van der Waals surface area contributed by atoms with Gasteiger partial charge in [-0.05, 0) is 44.2 Å². The van der Waals surface area contributed by atoms with Crippen molar-refractivity contribution in [1.82, 2.24) is 5.32 Å². The molecule has 0 fully saturated rings. The fourth-order valence-electron chi connectivity index (χ4n) is 2.05. The average molecular weight is 247 g/mol. The number of nitrogens with one attached hydrogen (secondary N) is 1. The quantitative estimate of drug-likeness (QED) is 0.646. The van der Waals surface area contributed by atoms with Crippen molar-refractivity contribution < 1.29 is 4.79 Å². The highest BCUT2D eigenvalue weighted by molar-refractivity contribution is 7.14. The molecule has 2 rings (SSSR count). The first-order chi connectivity index (χ1) is 8.31. The molecule has 1 heterocycles. The molecular formula is C14H17NOS. The van der Waals surface area contributed by atoms with Crippen LogP contribution in [0.3, 0.4) is 0 Å². The van der Waals surface area contributed by atoms with Crippen molar-refractivity contribution in [3.05, 3.63) is 21.4 Å². The second kappa shape index (κ2) is 5.88. The van der Waals surface area contributed by atoms with Crippen LogP contribution in [-0.2, 0) is 12.8 Å². The Balaban J connectivity index is 1.94. The van der Waals surface area contributed by atoms with Crippen LogP contribution in [0.4, 0.5) is 0 Å². The third-order valence-corrected chi connectivity index (χ3v) is 4.17. The van der Waals surface area contributed by atoms with Crippen LogP contribution >= 0.6 is 11.3 Å². The summed E-state index contributed by atoms with van der Waals surface area (Å²) in [4.78, 5) is 14.2. The molecule has 1 aromatic rings. The van der Waals surface area contributed by atoms with E-state index in [2.05, 4.69) is 23.2 Å². The summed E-state index contributed by atoms with van der Waals surface area (Å²) in [6.07, 6.45) is 5.54. The van der Waals surface area contributed by atoms with E-state index in [1.54, 1.807) is 11.3 Å². The highest BCUT2D eigenvalue weighted by Gasteiger charge is 2.16. The van der Waals surface area contributed by atoms with Gasteiger partial charge in [0.2, 0.25) is 0 Å². The van der Waals surface area contributed by atoms with Gasteiger partial charge in [-0.15, -0.1) is 23.2 Å². The third kappa shape index (κ3) is 3.10. The Labute approximate surface area is 106 Å². The normalized spacial score (nSPS) is 13.5. The Bertz CT molecular complexity index is 441. The third-order valence-electron chi connectivity index (χ3n) is 2.93. The molecular weight excluding hydrogens is 230 g/mol. The number of amides is 1. The molecule has 1 aliphatic rings. The van der Waals surface area contributed by atoms with Crippen molar-refractivity contribution in [1.29, 1.82) is 0 Å². The van der Waals surface area contributed by atoms with Crippen LogP contribution in [0.15, 0.2) is 6.07 Å². The largest absolute Gasteiger partial charge is 0.350 e. The molecule has 2 nitrogen and oxygen atoms in total. The van der Waals surface area contributed by atoms with Gasteiger partial charge in [0.15, 0.2) is 0 Å². The molecule has 0 atom stereocenters. The van der Waals surface area contributed by atoms with Gasteiger partial charge in [-0.1, -0.05) is 0 Å². The molecule has 90 valence electrons. The fraction of sp³-hybridized carbons (Fsp3) is 0.500. The van der Waals surface area contributed by atoms with Crippen LogP contribution in [0.1, 0.15) is 46.3 Å². The van der Waals surface area contributed by atoms with Gasteiger partial charge < -0.3 is 5.32 Å². The van der Waals surface area contributed by atoms with Gasteiger partial charge in [0, 0.05) is 17.8 Å². The van der Waals surface area contributed by atoms with Gasteiger partial charge in [0.05, 0.1) is 4.88 Å². The van der Waals surface area contributed by atoms with Gasteiger partial charge >= 0.3 is 0 Å². The molecule has 0 saturated carbocycles. The van der Waals surface area contributed by atoms with Crippen LogP contribution in [-0.4, -0.2) is 12.5 Å². The Morgan fingerprint density at radius 2 is 2.29 bits per heavy atom. The van der Waals surface area contributed by atoms with Crippen LogP contribution in [0.5, 0.6) is 0 Å². The number of fused-ring (bicyclic) bond motifs is 1.